The van der Waals surface area contributed by atoms with Crippen LogP contribution in [0.2, 0.25) is 0 Å². The predicted molar refractivity (Wildman–Crippen MR) is 82.8 cm³/mol. The molecule has 1 fully saturated rings. The molecule has 0 bridgehead atoms. The molecule has 1 atom stereocenters. The van der Waals surface area contributed by atoms with Gasteiger partial charge in [0.25, 0.3) is 0 Å². The van der Waals surface area contributed by atoms with Crippen molar-refractivity contribution in [2.75, 3.05) is 13.7 Å². The second-order valence-electron chi connectivity index (χ2n) is 6.03. The van der Waals surface area contributed by atoms with E-state index >= 15 is 0 Å². The van der Waals surface area contributed by atoms with Crippen LogP contribution in [0.3, 0.4) is 0 Å². The van der Waals surface area contributed by atoms with Crippen molar-refractivity contribution in [1.29, 1.82) is 0 Å². The summed E-state index contributed by atoms with van der Waals surface area (Å²) in [6.07, 6.45) is 5.20. The number of likely N-dealkylation sites (tertiary alicyclic amines) is 1. The highest BCUT2D eigenvalue weighted by Gasteiger charge is 2.29. The van der Waals surface area contributed by atoms with Crippen molar-refractivity contribution < 1.29 is 9.53 Å². The van der Waals surface area contributed by atoms with Gasteiger partial charge in [0.2, 0.25) is 0 Å². The Kier molecular flexibility index (Phi) is 4.11. The number of carbonyl (C=O) groups excluding carboxylic acids is 1. The molecule has 0 spiro atoms. The molecule has 6 nitrogen and oxygen atoms in total. The molecule has 1 aliphatic rings. The highest BCUT2D eigenvalue weighted by Crippen LogP contribution is 2.30. The maximum Gasteiger partial charge on any atom is 0.339 e. The van der Waals surface area contributed by atoms with Gasteiger partial charge in [-0.1, -0.05) is 6.42 Å². The maximum atomic E-state index is 11.6. The van der Waals surface area contributed by atoms with Crippen LogP contribution in [0.1, 0.15) is 55.3 Å². The molecule has 0 aliphatic carbocycles. The van der Waals surface area contributed by atoms with E-state index in [1.165, 1.54) is 20.0 Å². The minimum Gasteiger partial charge on any atom is -0.465 e. The quantitative estimate of drug-likeness (QED) is 0.815. The minimum atomic E-state index is -0.361. The second kappa shape index (κ2) is 6.04. The molecule has 2 aromatic rings. The van der Waals surface area contributed by atoms with E-state index in [2.05, 4.69) is 28.8 Å². The Morgan fingerprint density at radius 1 is 1.36 bits per heavy atom. The van der Waals surface area contributed by atoms with Crippen LogP contribution in [0, 0.1) is 0 Å². The lowest BCUT2D eigenvalue weighted by Crippen LogP contribution is -2.39. The van der Waals surface area contributed by atoms with Crippen LogP contribution in [-0.2, 0) is 4.74 Å². The Labute approximate surface area is 130 Å². The molecule has 3 rings (SSSR count). The van der Waals surface area contributed by atoms with Crippen molar-refractivity contribution in [3.05, 3.63) is 29.7 Å². The molecule has 0 amide bonds. The van der Waals surface area contributed by atoms with Crippen molar-refractivity contribution in [2.24, 2.45) is 0 Å². The lowest BCUT2D eigenvalue weighted by molar-refractivity contribution is 0.0600. The number of piperidine rings is 1. The van der Waals surface area contributed by atoms with Gasteiger partial charge >= 0.3 is 5.97 Å². The molecule has 2 aromatic heterocycles. The molecular formula is C16H22N4O2. The van der Waals surface area contributed by atoms with Gasteiger partial charge in [0.05, 0.1) is 18.7 Å². The van der Waals surface area contributed by atoms with Gasteiger partial charge in [-0.15, -0.1) is 5.10 Å². The smallest absolute Gasteiger partial charge is 0.339 e. The van der Waals surface area contributed by atoms with Gasteiger partial charge in [0.1, 0.15) is 0 Å². The third-order valence-corrected chi connectivity index (χ3v) is 4.27. The highest BCUT2D eigenvalue weighted by atomic mass is 16.5. The van der Waals surface area contributed by atoms with Crippen LogP contribution in [0.25, 0.3) is 5.65 Å². The molecule has 1 unspecified atom stereocenters. The zero-order valence-corrected chi connectivity index (χ0v) is 13.3. The zero-order chi connectivity index (χ0) is 15.7. The standard InChI is InChI=1S/C16H22N4O2/c1-11(2)19-9-5-4-6-13(19)15-17-14-8-7-12(16(21)22-3)10-20(14)18-15/h7-8,10-11,13H,4-6,9H2,1-3H3. The Morgan fingerprint density at radius 2 is 2.18 bits per heavy atom. The van der Waals surface area contributed by atoms with Crippen molar-refractivity contribution in [2.45, 2.75) is 45.2 Å². The number of fused-ring (bicyclic) bond motifs is 1. The normalized spacial score (nSPS) is 19.7. The van der Waals surface area contributed by atoms with E-state index in [0.29, 0.717) is 11.6 Å². The number of pyridine rings is 1. The average molecular weight is 302 g/mol. The summed E-state index contributed by atoms with van der Waals surface area (Å²) in [6.45, 7) is 5.51. The van der Waals surface area contributed by atoms with Gasteiger partial charge in [-0.05, 0) is 45.4 Å². The summed E-state index contributed by atoms with van der Waals surface area (Å²) < 4.78 is 6.42. The molecule has 1 saturated heterocycles. The van der Waals surface area contributed by atoms with Crippen molar-refractivity contribution in [3.8, 4) is 0 Å². The van der Waals surface area contributed by atoms with Crippen LogP contribution in [-0.4, -0.2) is 45.2 Å². The SMILES string of the molecule is COC(=O)c1ccc2nc(C3CCCCN3C(C)C)nn2c1. The van der Waals surface area contributed by atoms with Crippen LogP contribution in [0.5, 0.6) is 0 Å². The van der Waals surface area contributed by atoms with Crippen LogP contribution < -0.4 is 0 Å². The molecule has 1 aliphatic heterocycles. The molecule has 0 radical (unpaired) electrons. The highest BCUT2D eigenvalue weighted by molar-refractivity contribution is 5.89. The van der Waals surface area contributed by atoms with E-state index in [4.69, 9.17) is 4.74 Å². The Balaban J connectivity index is 1.95. The van der Waals surface area contributed by atoms with Crippen molar-refractivity contribution in [1.82, 2.24) is 19.5 Å². The number of ether oxygens (including phenoxy) is 1. The molecule has 0 N–H and O–H groups in total. The molecule has 0 saturated carbocycles. The Hall–Kier alpha value is -1.95. The van der Waals surface area contributed by atoms with Crippen LogP contribution in [0.4, 0.5) is 0 Å². The largest absolute Gasteiger partial charge is 0.465 e. The molecular weight excluding hydrogens is 280 g/mol. The first-order valence-corrected chi connectivity index (χ1v) is 7.80. The third kappa shape index (κ3) is 2.70. The van der Waals surface area contributed by atoms with Gasteiger partial charge in [-0.25, -0.2) is 14.3 Å². The fraction of sp³-hybridized carbons (Fsp3) is 0.562. The predicted octanol–water partition coefficient (Wildman–Crippen LogP) is 2.45. The summed E-state index contributed by atoms with van der Waals surface area (Å²) in [5.41, 5.74) is 1.24. The molecule has 118 valence electrons. The molecule has 6 heteroatoms. The number of aromatic nitrogens is 3. The van der Waals surface area contributed by atoms with E-state index in [-0.39, 0.29) is 12.0 Å². The maximum absolute atomic E-state index is 11.6. The second-order valence-corrected chi connectivity index (χ2v) is 6.03. The number of hydrogen-bond acceptors (Lipinski definition) is 5. The summed E-state index contributed by atoms with van der Waals surface area (Å²) in [7, 11) is 1.38. The summed E-state index contributed by atoms with van der Waals surface area (Å²) in [4.78, 5) is 18.7. The number of methoxy groups -OCH3 is 1. The van der Waals surface area contributed by atoms with Gasteiger partial charge in [-0.3, -0.25) is 4.90 Å². The van der Waals surface area contributed by atoms with E-state index in [0.717, 1.165) is 24.4 Å². The van der Waals surface area contributed by atoms with Gasteiger partial charge < -0.3 is 4.74 Å². The number of esters is 1. The zero-order valence-electron chi connectivity index (χ0n) is 13.3. The first-order valence-electron chi connectivity index (χ1n) is 7.80. The van der Waals surface area contributed by atoms with E-state index < -0.39 is 0 Å². The molecule has 22 heavy (non-hydrogen) atoms. The van der Waals surface area contributed by atoms with Gasteiger partial charge in [0, 0.05) is 12.2 Å². The Bertz CT molecular complexity index is 680. The average Bonchev–Trinajstić information content (AvgIpc) is 2.96. The molecule has 0 aromatic carbocycles. The summed E-state index contributed by atoms with van der Waals surface area (Å²) in [5.74, 6) is 0.482. The monoisotopic (exact) mass is 302 g/mol. The fourth-order valence-corrected chi connectivity index (χ4v) is 3.13. The lowest BCUT2D eigenvalue weighted by Gasteiger charge is -2.36. The lowest BCUT2D eigenvalue weighted by atomic mass is 10.00. The first kappa shape index (κ1) is 15.0. The summed E-state index contributed by atoms with van der Waals surface area (Å²) in [6, 6.07) is 4.27. The number of carbonyl (C=O) groups is 1. The van der Waals surface area contributed by atoms with Crippen molar-refractivity contribution in [3.63, 3.8) is 0 Å². The minimum absolute atomic E-state index is 0.259. The Morgan fingerprint density at radius 3 is 2.91 bits per heavy atom. The van der Waals surface area contributed by atoms with Crippen LogP contribution >= 0.6 is 0 Å². The number of nitrogens with zero attached hydrogens (tertiary/aromatic N) is 4. The number of hydrogen-bond donors (Lipinski definition) is 0. The van der Waals surface area contributed by atoms with Gasteiger partial charge in [-0.2, -0.15) is 0 Å². The van der Waals surface area contributed by atoms with Crippen molar-refractivity contribution >= 4 is 11.6 Å². The summed E-state index contributed by atoms with van der Waals surface area (Å²) >= 11 is 0. The number of rotatable bonds is 3. The van der Waals surface area contributed by atoms with Crippen LogP contribution in [0.15, 0.2) is 18.3 Å². The van der Waals surface area contributed by atoms with Gasteiger partial charge in [0.15, 0.2) is 11.5 Å². The third-order valence-electron chi connectivity index (χ3n) is 4.27. The van der Waals surface area contributed by atoms with E-state index in [1.807, 2.05) is 6.07 Å². The van der Waals surface area contributed by atoms with E-state index in [9.17, 15) is 4.79 Å². The molecule has 3 heterocycles. The summed E-state index contributed by atoms with van der Waals surface area (Å²) in [5, 5.41) is 4.60. The first-order chi connectivity index (χ1) is 10.6. The van der Waals surface area contributed by atoms with E-state index in [1.54, 1.807) is 16.8 Å². The fourth-order valence-electron chi connectivity index (χ4n) is 3.13. The topological polar surface area (TPSA) is 59.7 Å².